The minimum absolute atomic E-state index is 0.0131. The number of carbonyl (C=O) groups is 2. The lowest BCUT2D eigenvalue weighted by molar-refractivity contribution is 0.00686. The van der Waals surface area contributed by atoms with Gasteiger partial charge in [0, 0.05) is 19.4 Å². The number of carbonyl (C=O) groups excluding carboxylic acids is 2. The summed E-state index contributed by atoms with van der Waals surface area (Å²) < 4.78 is 37.7. The Balaban J connectivity index is 0.000000427. The normalized spacial score (nSPS) is 13.5. The predicted molar refractivity (Wildman–Crippen MR) is 223 cm³/mol. The molecule has 0 aromatic carbocycles. The van der Waals surface area contributed by atoms with Crippen LogP contribution in [-0.2, 0) is 25.0 Å². The van der Waals surface area contributed by atoms with Crippen molar-refractivity contribution >= 4 is 34.5 Å². The van der Waals surface area contributed by atoms with Gasteiger partial charge < -0.3 is 52.3 Å². The molecular weight excluding hydrogens is 851 g/mol. The molecule has 1 aliphatic rings. The maximum absolute atomic E-state index is 11.8. The monoisotopic (exact) mass is 910 g/mol. The molecule has 4 aromatic heterocycles. The molecule has 13 nitrogen and oxygen atoms in total. The molecular formula is C43H59IO13. The van der Waals surface area contributed by atoms with Crippen LogP contribution >= 0.6 is 22.6 Å². The van der Waals surface area contributed by atoms with Crippen molar-refractivity contribution < 1.29 is 61.9 Å². The maximum Gasteiger partial charge on any atom is 0.374 e. The molecule has 2 unspecified atom stereocenters. The molecule has 0 bridgehead atoms. The lowest BCUT2D eigenvalue weighted by Gasteiger charge is -2.19. The first-order chi connectivity index (χ1) is 27.0. The first kappa shape index (κ1) is 50.9. The zero-order chi connectivity index (χ0) is 43.0. The van der Waals surface area contributed by atoms with E-state index in [1.165, 1.54) is 6.07 Å². The van der Waals surface area contributed by atoms with Crippen LogP contribution in [0.4, 0.5) is 0 Å². The second kappa shape index (κ2) is 26.7. The summed E-state index contributed by atoms with van der Waals surface area (Å²) in [6, 6.07) is 14.1. The molecule has 5 heterocycles. The molecule has 1 aliphatic heterocycles. The van der Waals surface area contributed by atoms with Gasteiger partial charge in [-0.3, -0.25) is 0 Å². The summed E-state index contributed by atoms with van der Waals surface area (Å²) in [7, 11) is 0. The van der Waals surface area contributed by atoms with Crippen LogP contribution in [0, 0.1) is 22.5 Å². The average molecular weight is 911 g/mol. The van der Waals surface area contributed by atoms with E-state index in [4.69, 9.17) is 47.6 Å². The van der Waals surface area contributed by atoms with Crippen molar-refractivity contribution in [2.24, 2.45) is 0 Å². The topological polar surface area (TPSA) is 199 Å². The highest BCUT2D eigenvalue weighted by atomic mass is 127. The number of aryl methyl sites for hydroxylation is 1. The van der Waals surface area contributed by atoms with Crippen LogP contribution in [-0.4, -0.2) is 84.2 Å². The third-order valence-corrected chi connectivity index (χ3v) is 8.42. The van der Waals surface area contributed by atoms with Gasteiger partial charge in [0.2, 0.25) is 11.5 Å². The number of esters is 2. The van der Waals surface area contributed by atoms with Gasteiger partial charge in [0.15, 0.2) is 3.77 Å². The van der Waals surface area contributed by atoms with Gasteiger partial charge in [0.1, 0.15) is 47.6 Å². The van der Waals surface area contributed by atoms with Gasteiger partial charge in [0.25, 0.3) is 0 Å². The summed E-state index contributed by atoms with van der Waals surface area (Å²) in [6.45, 7) is 17.9. The Bertz CT molecular complexity index is 1800. The van der Waals surface area contributed by atoms with E-state index in [0.717, 1.165) is 34.1 Å². The number of aliphatic hydroxyl groups is 4. The van der Waals surface area contributed by atoms with Crippen LogP contribution in [0.5, 0.6) is 0 Å². The minimum atomic E-state index is -1.10. The van der Waals surface area contributed by atoms with Crippen LogP contribution in [0.1, 0.15) is 118 Å². The molecule has 4 aromatic rings. The Kier molecular flexibility index (Phi) is 23.9. The SMILES string of the molecule is CC#CCC.CC(C)(c1ccc(I)o1)c1ccc(C(=O)OCCCO)o1.CC=CC.Cc1ccc(C(C)(C)c2ccc(C(=O)OCC(O)CO)o2)o1.OCC1CO1. The Morgan fingerprint density at radius 1 is 0.842 bits per heavy atom. The lowest BCUT2D eigenvalue weighted by atomic mass is 9.87. The first-order valence-electron chi connectivity index (χ1n) is 18.5. The van der Waals surface area contributed by atoms with Crippen molar-refractivity contribution in [1.82, 2.24) is 0 Å². The second-order valence-electron chi connectivity index (χ2n) is 13.3. The number of epoxide rings is 1. The van der Waals surface area contributed by atoms with E-state index in [-0.39, 0.29) is 44.1 Å². The van der Waals surface area contributed by atoms with Crippen LogP contribution in [0.25, 0.3) is 0 Å². The zero-order valence-electron chi connectivity index (χ0n) is 34.4. The summed E-state index contributed by atoms with van der Waals surface area (Å²) in [4.78, 5) is 23.6. The van der Waals surface area contributed by atoms with Crippen molar-refractivity contribution in [2.75, 3.05) is 39.6 Å². The van der Waals surface area contributed by atoms with E-state index in [1.807, 2.05) is 98.7 Å². The number of allylic oxidation sites excluding steroid dienone is 2. The van der Waals surface area contributed by atoms with Crippen molar-refractivity contribution in [3.63, 3.8) is 0 Å². The third kappa shape index (κ3) is 18.4. The van der Waals surface area contributed by atoms with Gasteiger partial charge >= 0.3 is 11.9 Å². The molecule has 1 fully saturated rings. The fourth-order valence-corrected chi connectivity index (χ4v) is 4.59. The summed E-state index contributed by atoms with van der Waals surface area (Å²) in [5.41, 5.74) is -1.01. The third-order valence-electron chi connectivity index (χ3n) is 7.84. The van der Waals surface area contributed by atoms with Crippen LogP contribution in [0.2, 0.25) is 0 Å². The summed E-state index contributed by atoms with van der Waals surface area (Å²) in [5, 5.41) is 34.6. The van der Waals surface area contributed by atoms with Gasteiger partial charge in [-0.2, -0.15) is 0 Å². The Morgan fingerprint density at radius 3 is 1.68 bits per heavy atom. The Morgan fingerprint density at radius 2 is 1.33 bits per heavy atom. The summed E-state index contributed by atoms with van der Waals surface area (Å²) in [5.74, 6) is 8.09. The van der Waals surface area contributed by atoms with Crippen molar-refractivity contribution in [2.45, 2.75) is 98.2 Å². The quantitative estimate of drug-likeness (QED) is 0.0254. The molecule has 57 heavy (non-hydrogen) atoms. The Hall–Kier alpha value is -4.11. The van der Waals surface area contributed by atoms with Crippen molar-refractivity contribution in [3.05, 3.63) is 105 Å². The summed E-state index contributed by atoms with van der Waals surface area (Å²) >= 11 is 2.10. The highest BCUT2D eigenvalue weighted by Gasteiger charge is 2.32. The molecule has 1 saturated heterocycles. The first-order valence-corrected chi connectivity index (χ1v) is 19.6. The molecule has 316 valence electrons. The largest absolute Gasteiger partial charge is 0.465 e. The smallest absolute Gasteiger partial charge is 0.374 e. The maximum atomic E-state index is 11.8. The van der Waals surface area contributed by atoms with E-state index < -0.39 is 35.5 Å². The molecule has 0 spiro atoms. The van der Waals surface area contributed by atoms with Crippen molar-refractivity contribution in [1.29, 1.82) is 0 Å². The molecule has 0 radical (unpaired) electrons. The molecule has 2 atom stereocenters. The fraction of sp³-hybridized carbons (Fsp3) is 0.488. The van der Waals surface area contributed by atoms with E-state index in [0.29, 0.717) is 17.9 Å². The molecule has 4 N–H and O–H groups in total. The number of halogens is 1. The van der Waals surface area contributed by atoms with E-state index in [1.54, 1.807) is 18.2 Å². The molecule has 0 amide bonds. The number of aliphatic hydroxyl groups excluding tert-OH is 4. The molecule has 0 saturated carbocycles. The van der Waals surface area contributed by atoms with E-state index in [9.17, 15) is 9.59 Å². The van der Waals surface area contributed by atoms with Crippen LogP contribution in [0.15, 0.2) is 78.4 Å². The van der Waals surface area contributed by atoms with Crippen LogP contribution < -0.4 is 0 Å². The highest BCUT2D eigenvalue weighted by molar-refractivity contribution is 14.1. The Labute approximate surface area is 349 Å². The number of rotatable bonds is 13. The molecule has 14 heteroatoms. The van der Waals surface area contributed by atoms with Gasteiger partial charge in [-0.05, 0) is 127 Å². The lowest BCUT2D eigenvalue weighted by Crippen LogP contribution is -2.22. The van der Waals surface area contributed by atoms with Gasteiger partial charge in [0.05, 0.1) is 37.3 Å². The average Bonchev–Trinajstić information content (AvgIpc) is 3.66. The molecule has 0 aliphatic carbocycles. The number of hydrogen-bond donors (Lipinski definition) is 4. The number of hydrogen-bond acceptors (Lipinski definition) is 13. The van der Waals surface area contributed by atoms with Gasteiger partial charge in [-0.25, -0.2) is 9.59 Å². The van der Waals surface area contributed by atoms with Gasteiger partial charge in [-0.1, -0.05) is 19.1 Å². The highest BCUT2D eigenvalue weighted by Crippen LogP contribution is 2.35. The minimum Gasteiger partial charge on any atom is -0.465 e. The van der Waals surface area contributed by atoms with Crippen molar-refractivity contribution in [3.8, 4) is 11.8 Å². The number of ether oxygens (including phenoxy) is 3. The number of furan rings is 4. The zero-order valence-corrected chi connectivity index (χ0v) is 36.6. The fourth-order valence-electron chi connectivity index (χ4n) is 4.18. The summed E-state index contributed by atoms with van der Waals surface area (Å²) in [6.07, 6.45) is 4.49. The molecule has 5 rings (SSSR count). The second-order valence-corrected chi connectivity index (χ2v) is 14.4. The van der Waals surface area contributed by atoms with Gasteiger partial charge in [-0.15, -0.1) is 11.8 Å². The van der Waals surface area contributed by atoms with E-state index >= 15 is 0 Å². The van der Waals surface area contributed by atoms with Crippen LogP contribution in [0.3, 0.4) is 0 Å². The van der Waals surface area contributed by atoms with E-state index in [2.05, 4.69) is 39.2 Å². The predicted octanol–water partition coefficient (Wildman–Crippen LogP) is 7.74. The standard InChI is InChI=1S/C16H20O6.C15H17IO5.C5H8.C4H8.C3H6O2/c1-10-4-6-13(21-10)16(2,3)14-7-5-12(22-14)15(19)20-9-11(18)8-17;1-15(2,12-6-7-13(16)21-12)11-5-4-10(20-11)14(18)19-9-3-8-17;1-3-5-4-2;1-3-4-2;4-1-3-2-5-3/h4-7,11,17-18H,8-9H2,1-3H3;4-7,17H,3,8-9H2,1-2H3;3H2,1-2H3;3-4H,1-2H3;3-4H,1-2H2.